The van der Waals surface area contributed by atoms with Crippen molar-refractivity contribution in [1.29, 1.82) is 0 Å². The first-order chi connectivity index (χ1) is 14.3. The predicted molar refractivity (Wildman–Crippen MR) is 107 cm³/mol. The van der Waals surface area contributed by atoms with Gasteiger partial charge >= 0.3 is 0 Å². The lowest BCUT2D eigenvalue weighted by atomic mass is 9.75. The first-order valence-corrected chi connectivity index (χ1v) is 10.6. The minimum absolute atomic E-state index is 0.239. The van der Waals surface area contributed by atoms with Crippen molar-refractivity contribution in [2.24, 2.45) is 5.92 Å². The molecule has 3 atom stereocenters. The molecule has 4 saturated heterocycles. The van der Waals surface area contributed by atoms with Crippen molar-refractivity contribution in [3.8, 4) is 11.5 Å². The molecule has 0 unspecified atom stereocenters. The SMILES string of the molecule is O=C(Cc1ccncc1)N1C[C@@H](c2ccc3c(c2)OCO3)[C@@H]2[C@H]1C1CCN2CC1. The molecule has 5 aliphatic heterocycles. The molecule has 0 aliphatic carbocycles. The van der Waals surface area contributed by atoms with Crippen LogP contribution in [-0.4, -0.2) is 59.2 Å². The molecule has 1 aromatic carbocycles. The lowest BCUT2D eigenvalue weighted by molar-refractivity contribution is -0.135. The van der Waals surface area contributed by atoms with Crippen LogP contribution in [0, 0.1) is 5.92 Å². The lowest BCUT2D eigenvalue weighted by Gasteiger charge is -2.51. The van der Waals surface area contributed by atoms with E-state index in [0.717, 1.165) is 36.7 Å². The van der Waals surface area contributed by atoms with Crippen molar-refractivity contribution in [3.05, 3.63) is 53.9 Å². The Bertz CT molecular complexity index is 926. The van der Waals surface area contributed by atoms with Gasteiger partial charge in [0.15, 0.2) is 11.5 Å². The van der Waals surface area contributed by atoms with E-state index in [1.54, 1.807) is 12.4 Å². The fourth-order valence-corrected chi connectivity index (χ4v) is 5.92. The van der Waals surface area contributed by atoms with Crippen LogP contribution in [0.25, 0.3) is 0 Å². The van der Waals surface area contributed by atoms with Gasteiger partial charge in [-0.15, -0.1) is 0 Å². The molecule has 6 heteroatoms. The zero-order valence-corrected chi connectivity index (χ0v) is 16.4. The van der Waals surface area contributed by atoms with Gasteiger partial charge in [0.25, 0.3) is 0 Å². The van der Waals surface area contributed by atoms with Gasteiger partial charge in [-0.2, -0.15) is 0 Å². The van der Waals surface area contributed by atoms with Crippen LogP contribution >= 0.6 is 0 Å². The number of fused-ring (bicyclic) bond motifs is 3. The molecule has 6 nitrogen and oxygen atoms in total. The fraction of sp³-hybridized carbons (Fsp3) is 0.478. The summed E-state index contributed by atoms with van der Waals surface area (Å²) in [7, 11) is 0. The largest absolute Gasteiger partial charge is 0.454 e. The molecular weight excluding hydrogens is 366 g/mol. The predicted octanol–water partition coefficient (Wildman–Crippen LogP) is 2.44. The van der Waals surface area contributed by atoms with Gasteiger partial charge in [-0.3, -0.25) is 14.7 Å². The second-order valence-electron chi connectivity index (χ2n) is 8.65. The number of likely N-dealkylation sites (tertiary alicyclic amines) is 1. The van der Waals surface area contributed by atoms with Gasteiger partial charge in [0, 0.05) is 30.9 Å². The van der Waals surface area contributed by atoms with Gasteiger partial charge in [-0.05, 0) is 67.2 Å². The van der Waals surface area contributed by atoms with Crippen molar-refractivity contribution in [3.63, 3.8) is 0 Å². The average molecular weight is 391 g/mol. The van der Waals surface area contributed by atoms with Gasteiger partial charge in [0.1, 0.15) is 0 Å². The second-order valence-corrected chi connectivity index (χ2v) is 8.65. The summed E-state index contributed by atoms with van der Waals surface area (Å²) >= 11 is 0. The number of benzene rings is 1. The highest BCUT2D eigenvalue weighted by molar-refractivity contribution is 5.80. The summed E-state index contributed by atoms with van der Waals surface area (Å²) in [5.74, 6) is 2.82. The lowest BCUT2D eigenvalue weighted by Crippen LogP contribution is -2.60. The number of hydrogen-bond acceptors (Lipinski definition) is 5. The van der Waals surface area contributed by atoms with E-state index in [0.29, 0.717) is 37.1 Å². The number of aromatic nitrogens is 1. The van der Waals surface area contributed by atoms with Crippen LogP contribution in [0.5, 0.6) is 11.5 Å². The van der Waals surface area contributed by atoms with Crippen LogP contribution in [0.15, 0.2) is 42.7 Å². The number of carbonyl (C=O) groups excluding carboxylic acids is 1. The number of carbonyl (C=O) groups is 1. The number of amides is 1. The van der Waals surface area contributed by atoms with Crippen LogP contribution in [0.1, 0.15) is 29.9 Å². The Balaban J connectivity index is 1.32. The smallest absolute Gasteiger partial charge is 0.231 e. The molecule has 4 fully saturated rings. The van der Waals surface area contributed by atoms with E-state index in [1.165, 1.54) is 18.4 Å². The molecule has 7 rings (SSSR count). The number of pyridine rings is 1. The Morgan fingerprint density at radius 2 is 1.83 bits per heavy atom. The highest BCUT2D eigenvalue weighted by Gasteiger charge is 2.54. The summed E-state index contributed by atoms with van der Waals surface area (Å²) in [5.41, 5.74) is 2.30. The van der Waals surface area contributed by atoms with Gasteiger partial charge in [-0.1, -0.05) is 6.07 Å². The van der Waals surface area contributed by atoms with Crippen LogP contribution in [-0.2, 0) is 11.2 Å². The maximum atomic E-state index is 13.4. The van der Waals surface area contributed by atoms with Crippen molar-refractivity contribution >= 4 is 5.91 Å². The van der Waals surface area contributed by atoms with E-state index < -0.39 is 0 Å². The number of rotatable bonds is 3. The van der Waals surface area contributed by atoms with Gasteiger partial charge < -0.3 is 14.4 Å². The number of hydrogen-bond donors (Lipinski definition) is 0. The first-order valence-electron chi connectivity index (χ1n) is 10.6. The highest BCUT2D eigenvalue weighted by Crippen LogP contribution is 2.48. The Morgan fingerprint density at radius 1 is 1.03 bits per heavy atom. The van der Waals surface area contributed by atoms with Crippen LogP contribution in [0.4, 0.5) is 0 Å². The number of nitrogens with zero attached hydrogens (tertiary/aromatic N) is 3. The summed E-state index contributed by atoms with van der Waals surface area (Å²) in [6.07, 6.45) is 6.38. The molecule has 0 saturated carbocycles. The quantitative estimate of drug-likeness (QED) is 0.805. The van der Waals surface area contributed by atoms with E-state index in [-0.39, 0.29) is 5.91 Å². The third-order valence-corrected chi connectivity index (χ3v) is 7.24. The molecule has 0 spiro atoms. The Hall–Kier alpha value is -2.60. The number of ether oxygens (including phenoxy) is 2. The maximum Gasteiger partial charge on any atom is 0.231 e. The molecule has 2 aromatic rings. The highest BCUT2D eigenvalue weighted by atomic mass is 16.7. The van der Waals surface area contributed by atoms with E-state index >= 15 is 0 Å². The minimum Gasteiger partial charge on any atom is -0.454 e. The van der Waals surface area contributed by atoms with Crippen molar-refractivity contribution in [2.45, 2.75) is 37.3 Å². The van der Waals surface area contributed by atoms with Gasteiger partial charge in [0.2, 0.25) is 12.7 Å². The molecule has 29 heavy (non-hydrogen) atoms. The topological polar surface area (TPSA) is 54.9 Å². The van der Waals surface area contributed by atoms with Crippen molar-refractivity contribution in [1.82, 2.24) is 14.8 Å². The normalized spacial score (nSPS) is 31.7. The van der Waals surface area contributed by atoms with Gasteiger partial charge in [-0.25, -0.2) is 0 Å². The van der Waals surface area contributed by atoms with E-state index in [4.69, 9.17) is 9.47 Å². The minimum atomic E-state index is 0.239. The summed E-state index contributed by atoms with van der Waals surface area (Å²) < 4.78 is 11.1. The van der Waals surface area contributed by atoms with Crippen LogP contribution < -0.4 is 9.47 Å². The molecule has 5 aliphatic rings. The zero-order valence-electron chi connectivity index (χ0n) is 16.4. The molecule has 2 bridgehead atoms. The average Bonchev–Trinajstić information content (AvgIpc) is 3.41. The van der Waals surface area contributed by atoms with Crippen LogP contribution in [0.2, 0.25) is 0 Å². The monoisotopic (exact) mass is 391 g/mol. The van der Waals surface area contributed by atoms with Crippen LogP contribution in [0.3, 0.4) is 0 Å². The Labute approximate surface area is 170 Å². The third-order valence-electron chi connectivity index (χ3n) is 7.24. The molecule has 6 heterocycles. The standard InChI is InChI=1S/C23H25N3O3/c27-21(11-15-3-7-24-8-4-15)26-13-18(17-1-2-19-20(12-17)29-14-28-19)23-22(26)16-5-9-25(23)10-6-16/h1-4,7-8,12,16,18,22-23H,5-6,9-11,13-14H2/t18-,22+,23+/m0/s1. The fourth-order valence-electron chi connectivity index (χ4n) is 5.92. The molecule has 1 amide bonds. The Kier molecular flexibility index (Phi) is 4.01. The summed E-state index contributed by atoms with van der Waals surface area (Å²) in [6, 6.07) is 10.9. The van der Waals surface area contributed by atoms with E-state index in [2.05, 4.69) is 26.9 Å². The zero-order chi connectivity index (χ0) is 19.4. The second kappa shape index (κ2) is 6.73. The Morgan fingerprint density at radius 3 is 2.66 bits per heavy atom. The molecule has 0 radical (unpaired) electrons. The van der Waals surface area contributed by atoms with Crippen molar-refractivity contribution < 1.29 is 14.3 Å². The first kappa shape index (κ1) is 17.3. The summed E-state index contributed by atoms with van der Waals surface area (Å²) in [4.78, 5) is 22.2. The summed E-state index contributed by atoms with van der Waals surface area (Å²) in [5, 5.41) is 0. The van der Waals surface area contributed by atoms with Gasteiger partial charge in [0.05, 0.1) is 12.5 Å². The van der Waals surface area contributed by atoms with E-state index in [9.17, 15) is 4.79 Å². The maximum absolute atomic E-state index is 13.4. The summed E-state index contributed by atoms with van der Waals surface area (Å²) in [6.45, 7) is 3.38. The van der Waals surface area contributed by atoms with Crippen molar-refractivity contribution in [2.75, 3.05) is 26.4 Å². The molecule has 1 aromatic heterocycles. The third kappa shape index (κ3) is 2.81. The molecule has 150 valence electrons. The molecule has 0 N–H and O–H groups in total. The molecular formula is C23H25N3O3. The number of piperidine rings is 3. The van der Waals surface area contributed by atoms with E-state index in [1.807, 2.05) is 18.2 Å².